The van der Waals surface area contributed by atoms with Gasteiger partial charge in [0.05, 0.1) is 5.75 Å². The molecule has 116 valence electrons. The third-order valence-corrected chi connectivity index (χ3v) is 5.24. The predicted molar refractivity (Wildman–Crippen MR) is 77.0 cm³/mol. The molecule has 1 saturated heterocycles. The lowest BCUT2D eigenvalue weighted by Gasteiger charge is -2.23. The lowest BCUT2D eigenvalue weighted by atomic mass is 10.1. The van der Waals surface area contributed by atoms with Crippen molar-refractivity contribution in [1.29, 1.82) is 0 Å². The molecule has 0 aromatic rings. The van der Waals surface area contributed by atoms with Gasteiger partial charge in [0.25, 0.3) is 0 Å². The Kier molecular flexibility index (Phi) is 6.45. The summed E-state index contributed by atoms with van der Waals surface area (Å²) in [6.07, 6.45) is 2.14. The van der Waals surface area contributed by atoms with Gasteiger partial charge >= 0.3 is 0 Å². The van der Waals surface area contributed by atoms with Gasteiger partial charge in [0.1, 0.15) is 15.9 Å². The Labute approximate surface area is 120 Å². The van der Waals surface area contributed by atoms with Crippen LogP contribution in [0.15, 0.2) is 0 Å². The van der Waals surface area contributed by atoms with Gasteiger partial charge in [0.15, 0.2) is 0 Å². The van der Waals surface area contributed by atoms with Gasteiger partial charge in [-0.1, -0.05) is 20.3 Å². The third-order valence-electron chi connectivity index (χ3n) is 3.45. The molecule has 0 saturated carbocycles. The van der Waals surface area contributed by atoms with Crippen LogP contribution in [0.4, 0.5) is 0 Å². The second-order valence-electron chi connectivity index (χ2n) is 5.07. The number of nitrogens with one attached hydrogen (secondary N) is 1. The molecule has 7 heteroatoms. The zero-order valence-corrected chi connectivity index (χ0v) is 13.0. The summed E-state index contributed by atoms with van der Waals surface area (Å²) >= 11 is 0. The van der Waals surface area contributed by atoms with E-state index >= 15 is 0 Å². The number of hydrogen-bond donors (Lipinski definition) is 1. The highest BCUT2D eigenvalue weighted by molar-refractivity contribution is 7.91. The van der Waals surface area contributed by atoms with Crippen molar-refractivity contribution in [1.82, 2.24) is 10.2 Å². The third kappa shape index (κ3) is 5.11. The van der Waals surface area contributed by atoms with E-state index in [1.165, 1.54) is 0 Å². The van der Waals surface area contributed by atoms with E-state index in [0.29, 0.717) is 25.9 Å². The van der Waals surface area contributed by atoms with Crippen molar-refractivity contribution in [2.75, 3.05) is 24.6 Å². The van der Waals surface area contributed by atoms with Crippen molar-refractivity contribution >= 4 is 21.7 Å². The van der Waals surface area contributed by atoms with Gasteiger partial charge in [-0.25, -0.2) is 8.42 Å². The van der Waals surface area contributed by atoms with Crippen LogP contribution in [0.5, 0.6) is 0 Å². The molecular formula is C13H24N2O4S. The molecule has 1 heterocycles. The standard InChI is InChI=1S/C13H24N2O4S/c1-3-6-11-13(17)15(9-7-12(16)14-11)8-5-10-20(18,19)4-2/h11H,3-10H2,1-2H3,(H,14,16). The van der Waals surface area contributed by atoms with Gasteiger partial charge in [-0.15, -0.1) is 0 Å². The zero-order valence-electron chi connectivity index (χ0n) is 12.2. The Balaban J connectivity index is 2.59. The first-order chi connectivity index (χ1) is 9.39. The largest absolute Gasteiger partial charge is 0.344 e. The van der Waals surface area contributed by atoms with Crippen LogP contribution in [0.25, 0.3) is 0 Å². The normalized spacial score (nSPS) is 20.7. The minimum atomic E-state index is -3.00. The molecule has 0 aromatic carbocycles. The monoisotopic (exact) mass is 304 g/mol. The molecule has 1 rings (SSSR count). The van der Waals surface area contributed by atoms with E-state index in [0.717, 1.165) is 6.42 Å². The van der Waals surface area contributed by atoms with Gasteiger partial charge in [0, 0.05) is 25.3 Å². The van der Waals surface area contributed by atoms with E-state index in [1.807, 2.05) is 6.92 Å². The summed E-state index contributed by atoms with van der Waals surface area (Å²) in [4.78, 5) is 25.4. The number of carbonyl (C=O) groups excluding carboxylic acids is 2. The average molecular weight is 304 g/mol. The van der Waals surface area contributed by atoms with Crippen molar-refractivity contribution in [3.8, 4) is 0 Å². The first kappa shape index (κ1) is 16.9. The van der Waals surface area contributed by atoms with Crippen molar-refractivity contribution in [2.24, 2.45) is 0 Å². The molecule has 1 N–H and O–H groups in total. The Bertz CT molecular complexity index is 447. The van der Waals surface area contributed by atoms with Gasteiger partial charge in [-0.2, -0.15) is 0 Å². The number of hydrogen-bond acceptors (Lipinski definition) is 4. The summed E-state index contributed by atoms with van der Waals surface area (Å²) < 4.78 is 22.9. The quantitative estimate of drug-likeness (QED) is 0.734. The lowest BCUT2D eigenvalue weighted by Crippen LogP contribution is -2.45. The van der Waals surface area contributed by atoms with E-state index in [1.54, 1.807) is 11.8 Å². The highest BCUT2D eigenvalue weighted by Crippen LogP contribution is 2.09. The van der Waals surface area contributed by atoms with Crippen LogP contribution in [0.3, 0.4) is 0 Å². The van der Waals surface area contributed by atoms with Crippen LogP contribution in [-0.2, 0) is 19.4 Å². The molecule has 1 aliphatic heterocycles. The Morgan fingerprint density at radius 3 is 2.60 bits per heavy atom. The minimum Gasteiger partial charge on any atom is -0.344 e. The molecule has 1 atom stereocenters. The Hall–Kier alpha value is -1.11. The molecule has 0 radical (unpaired) electrons. The summed E-state index contributed by atoms with van der Waals surface area (Å²) in [6, 6.07) is -0.460. The first-order valence-electron chi connectivity index (χ1n) is 7.18. The van der Waals surface area contributed by atoms with Gasteiger partial charge in [-0.05, 0) is 12.8 Å². The van der Waals surface area contributed by atoms with Crippen molar-refractivity contribution < 1.29 is 18.0 Å². The van der Waals surface area contributed by atoms with Crippen LogP contribution in [0.1, 0.15) is 39.5 Å². The molecule has 1 aliphatic rings. The second-order valence-corrected chi connectivity index (χ2v) is 7.55. The maximum absolute atomic E-state index is 12.3. The molecule has 6 nitrogen and oxygen atoms in total. The van der Waals surface area contributed by atoms with Crippen molar-refractivity contribution in [3.63, 3.8) is 0 Å². The molecule has 0 aromatic heterocycles. The summed E-state index contributed by atoms with van der Waals surface area (Å²) in [5.74, 6) is 0.0130. The Morgan fingerprint density at radius 2 is 2.00 bits per heavy atom. The zero-order chi connectivity index (χ0) is 15.2. The van der Waals surface area contributed by atoms with Crippen LogP contribution in [-0.4, -0.2) is 55.8 Å². The number of amides is 2. The number of rotatable bonds is 7. The van der Waals surface area contributed by atoms with Crippen LogP contribution in [0, 0.1) is 0 Å². The van der Waals surface area contributed by atoms with Gasteiger partial charge < -0.3 is 10.2 Å². The predicted octanol–water partition coefficient (Wildman–Crippen LogP) is 0.328. The van der Waals surface area contributed by atoms with E-state index in [4.69, 9.17) is 0 Å². The topological polar surface area (TPSA) is 83.6 Å². The summed E-state index contributed by atoms with van der Waals surface area (Å²) in [6.45, 7) is 4.35. The van der Waals surface area contributed by atoms with Crippen LogP contribution in [0.2, 0.25) is 0 Å². The van der Waals surface area contributed by atoms with Gasteiger partial charge in [0.2, 0.25) is 11.8 Å². The molecule has 0 bridgehead atoms. The molecule has 1 unspecified atom stereocenters. The highest BCUT2D eigenvalue weighted by Gasteiger charge is 2.28. The van der Waals surface area contributed by atoms with Crippen LogP contribution < -0.4 is 5.32 Å². The lowest BCUT2D eigenvalue weighted by molar-refractivity contribution is -0.133. The fourth-order valence-electron chi connectivity index (χ4n) is 2.22. The smallest absolute Gasteiger partial charge is 0.245 e. The summed E-state index contributed by atoms with van der Waals surface area (Å²) in [7, 11) is -3.00. The van der Waals surface area contributed by atoms with E-state index in [-0.39, 0.29) is 29.7 Å². The fraction of sp³-hybridized carbons (Fsp3) is 0.846. The maximum atomic E-state index is 12.3. The molecule has 1 fully saturated rings. The number of carbonyl (C=O) groups is 2. The molecule has 0 aliphatic carbocycles. The van der Waals surface area contributed by atoms with Gasteiger partial charge in [-0.3, -0.25) is 9.59 Å². The van der Waals surface area contributed by atoms with E-state index in [9.17, 15) is 18.0 Å². The van der Waals surface area contributed by atoms with Crippen molar-refractivity contribution in [3.05, 3.63) is 0 Å². The summed E-state index contributed by atoms with van der Waals surface area (Å²) in [5.41, 5.74) is 0. The first-order valence-corrected chi connectivity index (χ1v) is 9.00. The second kappa shape index (κ2) is 7.61. The molecule has 20 heavy (non-hydrogen) atoms. The molecule has 0 spiro atoms. The number of nitrogens with zero attached hydrogens (tertiary/aromatic N) is 1. The Morgan fingerprint density at radius 1 is 1.30 bits per heavy atom. The fourth-order valence-corrected chi connectivity index (χ4v) is 3.08. The van der Waals surface area contributed by atoms with E-state index in [2.05, 4.69) is 5.32 Å². The molecular weight excluding hydrogens is 280 g/mol. The minimum absolute atomic E-state index is 0.0904. The average Bonchev–Trinajstić information content (AvgIpc) is 2.52. The molecule has 2 amide bonds. The SMILES string of the molecule is CCCC1NC(=O)CCN(CCCS(=O)(=O)CC)C1=O. The highest BCUT2D eigenvalue weighted by atomic mass is 32.2. The number of sulfone groups is 1. The maximum Gasteiger partial charge on any atom is 0.245 e. The van der Waals surface area contributed by atoms with Crippen LogP contribution >= 0.6 is 0 Å². The van der Waals surface area contributed by atoms with Crippen molar-refractivity contribution in [2.45, 2.75) is 45.6 Å². The van der Waals surface area contributed by atoms with E-state index < -0.39 is 15.9 Å². The summed E-state index contributed by atoms with van der Waals surface area (Å²) in [5, 5.41) is 2.73.